The van der Waals surface area contributed by atoms with E-state index in [1.54, 1.807) is 0 Å². The molecule has 3 rings (SSSR count). The van der Waals surface area contributed by atoms with Gasteiger partial charge in [-0.3, -0.25) is 4.79 Å². The lowest BCUT2D eigenvalue weighted by atomic mass is 9.75. The van der Waals surface area contributed by atoms with Crippen molar-refractivity contribution >= 4 is 5.97 Å². The average molecular weight is 290 g/mol. The highest BCUT2D eigenvalue weighted by Crippen LogP contribution is 2.42. The third-order valence-electron chi connectivity index (χ3n) is 4.63. The molecule has 114 valence electrons. The number of carboxylic acid groups (broad SMARTS) is 1. The lowest BCUT2D eigenvalue weighted by Gasteiger charge is -2.36. The van der Waals surface area contributed by atoms with Crippen molar-refractivity contribution in [2.45, 2.75) is 51.2 Å². The normalized spacial score (nSPS) is 30.5. The molecule has 0 spiro atoms. The van der Waals surface area contributed by atoms with Crippen molar-refractivity contribution < 1.29 is 19.4 Å². The molecule has 4 heteroatoms. The van der Waals surface area contributed by atoms with Gasteiger partial charge in [-0.15, -0.1) is 0 Å². The second kappa shape index (κ2) is 5.02. The van der Waals surface area contributed by atoms with Gasteiger partial charge in [0.15, 0.2) is 0 Å². The van der Waals surface area contributed by atoms with Crippen LogP contribution in [0.1, 0.15) is 38.7 Å². The number of carbonyl (C=O) groups is 1. The molecule has 0 aromatic heterocycles. The summed E-state index contributed by atoms with van der Waals surface area (Å²) in [5.41, 5.74) is -0.0413. The molecule has 4 nitrogen and oxygen atoms in total. The Morgan fingerprint density at radius 1 is 1.38 bits per heavy atom. The minimum absolute atomic E-state index is 0.00459. The Morgan fingerprint density at radius 3 is 2.81 bits per heavy atom. The first kappa shape index (κ1) is 14.4. The van der Waals surface area contributed by atoms with E-state index in [0.717, 1.165) is 24.2 Å². The first-order chi connectivity index (χ1) is 9.90. The fourth-order valence-electron chi connectivity index (χ4n) is 3.44. The SMILES string of the molecule is CC1(C)CCC(CC2(C(=O)O)COc3ccccc3C2)O1. The van der Waals surface area contributed by atoms with Crippen LogP contribution in [-0.4, -0.2) is 29.4 Å². The zero-order valence-electron chi connectivity index (χ0n) is 12.6. The predicted molar refractivity (Wildman–Crippen MR) is 78.5 cm³/mol. The summed E-state index contributed by atoms with van der Waals surface area (Å²) in [4.78, 5) is 11.9. The maximum atomic E-state index is 11.9. The summed E-state index contributed by atoms with van der Waals surface area (Å²) in [5.74, 6) is 0.0207. The molecule has 2 aliphatic rings. The molecule has 1 fully saturated rings. The predicted octanol–water partition coefficient (Wildman–Crippen LogP) is 3.04. The van der Waals surface area contributed by atoms with Crippen LogP contribution in [0.3, 0.4) is 0 Å². The quantitative estimate of drug-likeness (QED) is 0.929. The van der Waals surface area contributed by atoms with Gasteiger partial charge in [0.1, 0.15) is 17.8 Å². The molecule has 0 saturated carbocycles. The Kier molecular flexibility index (Phi) is 3.44. The zero-order valence-corrected chi connectivity index (χ0v) is 12.6. The van der Waals surface area contributed by atoms with Gasteiger partial charge >= 0.3 is 5.97 Å². The van der Waals surface area contributed by atoms with Crippen molar-refractivity contribution in [3.05, 3.63) is 29.8 Å². The summed E-state index contributed by atoms with van der Waals surface area (Å²) in [6.45, 7) is 4.35. The summed E-state index contributed by atoms with van der Waals surface area (Å²) in [6.07, 6.45) is 2.93. The van der Waals surface area contributed by atoms with Crippen LogP contribution in [0.4, 0.5) is 0 Å². The number of para-hydroxylation sites is 1. The van der Waals surface area contributed by atoms with Crippen molar-refractivity contribution in [2.75, 3.05) is 6.61 Å². The number of hydrogen-bond acceptors (Lipinski definition) is 3. The highest BCUT2D eigenvalue weighted by Gasteiger charge is 2.47. The van der Waals surface area contributed by atoms with E-state index in [9.17, 15) is 9.90 Å². The van der Waals surface area contributed by atoms with Gasteiger partial charge in [0.05, 0.1) is 11.7 Å². The van der Waals surface area contributed by atoms with E-state index in [1.807, 2.05) is 24.3 Å². The van der Waals surface area contributed by atoms with E-state index in [4.69, 9.17) is 9.47 Å². The lowest BCUT2D eigenvalue weighted by Crippen LogP contribution is -2.44. The van der Waals surface area contributed by atoms with E-state index in [-0.39, 0.29) is 18.3 Å². The Labute approximate surface area is 125 Å². The van der Waals surface area contributed by atoms with E-state index >= 15 is 0 Å². The van der Waals surface area contributed by atoms with Crippen LogP contribution < -0.4 is 4.74 Å². The summed E-state index contributed by atoms with van der Waals surface area (Å²) in [6, 6.07) is 7.69. The van der Waals surface area contributed by atoms with Crippen molar-refractivity contribution in [1.29, 1.82) is 0 Å². The van der Waals surface area contributed by atoms with Gasteiger partial charge < -0.3 is 14.6 Å². The summed E-state index contributed by atoms with van der Waals surface area (Å²) in [7, 11) is 0. The number of rotatable bonds is 3. The number of ether oxygens (including phenoxy) is 2. The van der Waals surface area contributed by atoms with E-state index < -0.39 is 11.4 Å². The summed E-state index contributed by atoms with van der Waals surface area (Å²) < 4.78 is 11.7. The van der Waals surface area contributed by atoms with Gasteiger partial charge in [-0.05, 0) is 51.2 Å². The van der Waals surface area contributed by atoms with Gasteiger partial charge in [-0.25, -0.2) is 0 Å². The molecule has 0 amide bonds. The smallest absolute Gasteiger partial charge is 0.313 e. The Morgan fingerprint density at radius 2 is 2.14 bits per heavy atom. The number of carboxylic acids is 1. The van der Waals surface area contributed by atoms with E-state index in [2.05, 4.69) is 13.8 Å². The van der Waals surface area contributed by atoms with Crippen LogP contribution in [0.25, 0.3) is 0 Å². The Balaban J connectivity index is 1.81. The fourth-order valence-corrected chi connectivity index (χ4v) is 3.44. The molecule has 1 aromatic rings. The van der Waals surface area contributed by atoms with E-state index in [1.165, 1.54) is 0 Å². The molecule has 21 heavy (non-hydrogen) atoms. The topological polar surface area (TPSA) is 55.8 Å². The number of aliphatic carboxylic acids is 1. The van der Waals surface area contributed by atoms with Crippen LogP contribution >= 0.6 is 0 Å². The maximum absolute atomic E-state index is 11.9. The van der Waals surface area contributed by atoms with Crippen molar-refractivity contribution in [1.82, 2.24) is 0 Å². The highest BCUT2D eigenvalue weighted by atomic mass is 16.5. The van der Waals surface area contributed by atoms with Crippen LogP contribution in [0.15, 0.2) is 24.3 Å². The van der Waals surface area contributed by atoms with Crippen LogP contribution in [-0.2, 0) is 16.0 Å². The molecular formula is C17H22O4. The first-order valence-electron chi connectivity index (χ1n) is 7.52. The Hall–Kier alpha value is -1.55. The van der Waals surface area contributed by atoms with Crippen molar-refractivity contribution in [3.8, 4) is 5.75 Å². The van der Waals surface area contributed by atoms with Crippen LogP contribution in [0, 0.1) is 5.41 Å². The van der Waals surface area contributed by atoms with Gasteiger partial charge in [-0.1, -0.05) is 18.2 Å². The molecule has 2 aliphatic heterocycles. The molecule has 2 unspecified atom stereocenters. The zero-order chi connectivity index (χ0) is 15.1. The standard InChI is InChI=1S/C17H22O4/c1-16(2)8-7-13(21-16)10-17(15(18)19)9-12-5-3-4-6-14(12)20-11-17/h3-6,13H,7-11H2,1-2H3,(H,18,19). The minimum Gasteiger partial charge on any atom is -0.492 e. The maximum Gasteiger partial charge on any atom is 0.313 e. The largest absolute Gasteiger partial charge is 0.492 e. The highest BCUT2D eigenvalue weighted by molar-refractivity contribution is 5.76. The minimum atomic E-state index is -0.876. The number of hydrogen-bond donors (Lipinski definition) is 1. The molecular weight excluding hydrogens is 268 g/mol. The monoisotopic (exact) mass is 290 g/mol. The number of fused-ring (bicyclic) bond motifs is 1. The second-order valence-electron chi connectivity index (χ2n) is 6.90. The Bertz CT molecular complexity index is 551. The number of benzene rings is 1. The molecule has 2 heterocycles. The van der Waals surface area contributed by atoms with Gasteiger partial charge in [-0.2, -0.15) is 0 Å². The van der Waals surface area contributed by atoms with Crippen LogP contribution in [0.2, 0.25) is 0 Å². The molecule has 1 aromatic carbocycles. The van der Waals surface area contributed by atoms with Crippen LogP contribution in [0.5, 0.6) is 5.75 Å². The summed E-state index contributed by atoms with van der Waals surface area (Å²) >= 11 is 0. The van der Waals surface area contributed by atoms with Gasteiger partial charge in [0, 0.05) is 0 Å². The van der Waals surface area contributed by atoms with Gasteiger partial charge in [0.2, 0.25) is 0 Å². The van der Waals surface area contributed by atoms with Crippen molar-refractivity contribution in [3.63, 3.8) is 0 Å². The first-order valence-corrected chi connectivity index (χ1v) is 7.52. The third kappa shape index (κ3) is 2.77. The molecule has 1 N–H and O–H groups in total. The fraction of sp³-hybridized carbons (Fsp3) is 0.588. The van der Waals surface area contributed by atoms with Crippen molar-refractivity contribution in [2.24, 2.45) is 5.41 Å². The molecule has 2 atom stereocenters. The average Bonchev–Trinajstić information content (AvgIpc) is 2.77. The lowest BCUT2D eigenvalue weighted by molar-refractivity contribution is -0.155. The second-order valence-corrected chi connectivity index (χ2v) is 6.90. The molecule has 0 bridgehead atoms. The summed E-state index contributed by atoms with van der Waals surface area (Å²) in [5, 5.41) is 9.77. The molecule has 1 saturated heterocycles. The van der Waals surface area contributed by atoms with E-state index in [0.29, 0.717) is 12.8 Å². The van der Waals surface area contributed by atoms with Gasteiger partial charge in [0.25, 0.3) is 0 Å². The molecule has 0 aliphatic carbocycles. The molecule has 0 radical (unpaired) electrons. The third-order valence-corrected chi connectivity index (χ3v) is 4.63.